The number of nitrogens with zero attached hydrogens (tertiary/aromatic N) is 4. The Bertz CT molecular complexity index is 1110. The van der Waals surface area contributed by atoms with Crippen LogP contribution in [0, 0.1) is 5.82 Å². The van der Waals surface area contributed by atoms with Crippen molar-refractivity contribution >= 4 is 23.3 Å². The fourth-order valence-electron chi connectivity index (χ4n) is 3.29. The van der Waals surface area contributed by atoms with Gasteiger partial charge in [-0.15, -0.1) is 0 Å². The zero-order valence-electron chi connectivity index (χ0n) is 17.5. The average molecular weight is 459 g/mol. The third-order valence-corrected chi connectivity index (χ3v) is 4.94. The van der Waals surface area contributed by atoms with Crippen LogP contribution in [0.15, 0.2) is 54.9 Å². The van der Waals surface area contributed by atoms with Crippen LogP contribution in [-0.4, -0.2) is 41.3 Å². The topological polar surface area (TPSA) is 63.2 Å². The van der Waals surface area contributed by atoms with Crippen molar-refractivity contribution in [2.24, 2.45) is 0 Å². The molecule has 0 radical (unpaired) electrons. The van der Waals surface area contributed by atoms with Gasteiger partial charge >= 0.3 is 6.18 Å². The number of rotatable bonds is 6. The van der Waals surface area contributed by atoms with Crippen LogP contribution in [-0.2, 0) is 17.3 Å². The van der Waals surface area contributed by atoms with Gasteiger partial charge in [-0.3, -0.25) is 4.98 Å². The predicted octanol–water partition coefficient (Wildman–Crippen LogP) is 4.87. The number of anilines is 3. The van der Waals surface area contributed by atoms with Crippen molar-refractivity contribution in [2.45, 2.75) is 12.6 Å². The Morgan fingerprint density at radius 3 is 2.58 bits per heavy atom. The molecule has 1 aromatic carbocycles. The number of morpholine rings is 1. The van der Waals surface area contributed by atoms with E-state index in [1.54, 1.807) is 24.3 Å². The first-order chi connectivity index (χ1) is 15.9. The van der Waals surface area contributed by atoms with E-state index in [4.69, 9.17) is 4.74 Å². The van der Waals surface area contributed by atoms with Crippen molar-refractivity contribution in [2.75, 3.05) is 36.5 Å². The molecule has 0 spiro atoms. The van der Waals surface area contributed by atoms with Crippen LogP contribution < -0.4 is 10.2 Å². The summed E-state index contributed by atoms with van der Waals surface area (Å²) in [5, 5.41) is 2.91. The first-order valence-corrected chi connectivity index (χ1v) is 10.3. The van der Waals surface area contributed by atoms with Crippen molar-refractivity contribution in [3.63, 3.8) is 0 Å². The van der Waals surface area contributed by atoms with E-state index >= 15 is 0 Å². The lowest BCUT2D eigenvalue weighted by atomic mass is 10.2. The summed E-state index contributed by atoms with van der Waals surface area (Å²) in [4.78, 5) is 14.5. The summed E-state index contributed by atoms with van der Waals surface area (Å²) in [6.45, 7) is 2.22. The summed E-state index contributed by atoms with van der Waals surface area (Å²) < 4.78 is 58.0. The molecule has 4 rings (SSSR count). The fourth-order valence-corrected chi connectivity index (χ4v) is 3.29. The van der Waals surface area contributed by atoms with Gasteiger partial charge in [-0.1, -0.05) is 12.1 Å². The van der Waals surface area contributed by atoms with E-state index in [0.29, 0.717) is 55.6 Å². The van der Waals surface area contributed by atoms with Gasteiger partial charge in [-0.25, -0.2) is 14.4 Å². The molecule has 1 saturated heterocycles. The molecule has 3 aromatic rings. The summed E-state index contributed by atoms with van der Waals surface area (Å²) in [5.74, 6) is 0.298. The number of hydrogen-bond donors (Lipinski definition) is 1. The third-order valence-electron chi connectivity index (χ3n) is 4.94. The van der Waals surface area contributed by atoms with Gasteiger partial charge in [0.1, 0.15) is 5.82 Å². The molecule has 2 aromatic heterocycles. The van der Waals surface area contributed by atoms with Gasteiger partial charge in [-0.2, -0.15) is 13.2 Å². The lowest BCUT2D eigenvalue weighted by Crippen LogP contribution is -2.37. The van der Waals surface area contributed by atoms with E-state index in [-0.39, 0.29) is 5.82 Å². The molecular weight excluding hydrogens is 438 g/mol. The number of alkyl halides is 3. The SMILES string of the molecule is Fc1cnc(C/C=C/c2ccc(Nc3cccc(C(F)(F)F)c3)cn2)nc1N1CCOCC1. The Morgan fingerprint density at radius 1 is 1.03 bits per heavy atom. The number of halogens is 4. The summed E-state index contributed by atoms with van der Waals surface area (Å²) in [5.41, 5.74) is 0.808. The van der Waals surface area contributed by atoms with Crippen molar-refractivity contribution in [3.8, 4) is 0 Å². The average Bonchev–Trinajstić information content (AvgIpc) is 2.81. The molecule has 33 heavy (non-hydrogen) atoms. The highest BCUT2D eigenvalue weighted by molar-refractivity contribution is 5.61. The molecule has 1 aliphatic rings. The molecule has 0 bridgehead atoms. The standard InChI is InChI=1S/C23H21F4N5O/c24-20-15-29-21(31-22(20)32-9-11-33-12-10-32)6-2-4-17-7-8-19(14-28-17)30-18-5-1-3-16(13-18)23(25,26)27/h1-5,7-8,13-15,30H,6,9-12H2/b4-2+. The molecule has 0 atom stereocenters. The van der Waals surface area contributed by atoms with Gasteiger partial charge in [0.05, 0.1) is 42.6 Å². The van der Waals surface area contributed by atoms with Crippen LogP contribution in [0.2, 0.25) is 0 Å². The van der Waals surface area contributed by atoms with Gasteiger partial charge < -0.3 is 15.0 Å². The molecule has 1 aliphatic heterocycles. The van der Waals surface area contributed by atoms with E-state index in [1.807, 2.05) is 11.0 Å². The summed E-state index contributed by atoms with van der Waals surface area (Å²) >= 11 is 0. The molecule has 1 fully saturated rings. The second-order valence-corrected chi connectivity index (χ2v) is 7.34. The number of hydrogen-bond acceptors (Lipinski definition) is 6. The number of ether oxygens (including phenoxy) is 1. The Kier molecular flexibility index (Phi) is 6.83. The second-order valence-electron chi connectivity index (χ2n) is 7.34. The van der Waals surface area contributed by atoms with E-state index in [1.165, 1.54) is 18.5 Å². The number of pyridine rings is 1. The van der Waals surface area contributed by atoms with Crippen LogP contribution in [0.4, 0.5) is 34.8 Å². The van der Waals surface area contributed by atoms with E-state index in [0.717, 1.165) is 12.1 Å². The lowest BCUT2D eigenvalue weighted by molar-refractivity contribution is -0.137. The van der Waals surface area contributed by atoms with Crippen molar-refractivity contribution < 1.29 is 22.3 Å². The Labute approximate surface area is 188 Å². The van der Waals surface area contributed by atoms with E-state index in [9.17, 15) is 17.6 Å². The maximum absolute atomic E-state index is 14.1. The van der Waals surface area contributed by atoms with Gasteiger partial charge in [-0.05, 0) is 36.4 Å². The van der Waals surface area contributed by atoms with Gasteiger partial charge in [0, 0.05) is 25.2 Å². The van der Waals surface area contributed by atoms with Crippen LogP contribution in [0.1, 0.15) is 17.1 Å². The van der Waals surface area contributed by atoms with Crippen LogP contribution in [0.5, 0.6) is 0 Å². The smallest absolute Gasteiger partial charge is 0.378 e. The van der Waals surface area contributed by atoms with Crippen molar-refractivity contribution in [1.82, 2.24) is 15.0 Å². The molecule has 6 nitrogen and oxygen atoms in total. The minimum absolute atomic E-state index is 0.278. The van der Waals surface area contributed by atoms with Gasteiger partial charge in [0.25, 0.3) is 0 Å². The first kappa shape index (κ1) is 22.7. The second kappa shape index (κ2) is 9.95. The molecule has 1 N–H and O–H groups in total. The van der Waals surface area contributed by atoms with Crippen molar-refractivity contribution in [3.05, 3.63) is 77.8 Å². The molecule has 0 saturated carbocycles. The third kappa shape index (κ3) is 6.04. The number of allylic oxidation sites excluding steroid dienone is 1. The Balaban J connectivity index is 1.37. The zero-order valence-corrected chi connectivity index (χ0v) is 17.5. The summed E-state index contributed by atoms with van der Waals surface area (Å²) in [7, 11) is 0. The van der Waals surface area contributed by atoms with Crippen LogP contribution >= 0.6 is 0 Å². The molecule has 0 amide bonds. The molecule has 0 unspecified atom stereocenters. The highest BCUT2D eigenvalue weighted by Gasteiger charge is 2.30. The van der Waals surface area contributed by atoms with Crippen LogP contribution in [0.3, 0.4) is 0 Å². The molecule has 3 heterocycles. The summed E-state index contributed by atoms with van der Waals surface area (Å²) in [6, 6.07) is 8.41. The summed E-state index contributed by atoms with van der Waals surface area (Å²) in [6.07, 6.45) is 2.29. The Hall–Kier alpha value is -3.53. The highest BCUT2D eigenvalue weighted by atomic mass is 19.4. The molecular formula is C23H21F4N5O. The lowest BCUT2D eigenvalue weighted by Gasteiger charge is -2.28. The number of aromatic nitrogens is 3. The maximum atomic E-state index is 14.1. The minimum Gasteiger partial charge on any atom is -0.378 e. The van der Waals surface area contributed by atoms with Gasteiger partial charge in [0.2, 0.25) is 0 Å². The van der Waals surface area contributed by atoms with E-state index < -0.39 is 17.6 Å². The molecule has 10 heteroatoms. The number of benzene rings is 1. The Morgan fingerprint density at radius 2 is 1.85 bits per heavy atom. The molecule has 172 valence electrons. The maximum Gasteiger partial charge on any atom is 0.416 e. The number of nitrogens with one attached hydrogen (secondary N) is 1. The minimum atomic E-state index is -4.40. The van der Waals surface area contributed by atoms with Gasteiger partial charge in [0.15, 0.2) is 11.6 Å². The molecule has 0 aliphatic carbocycles. The van der Waals surface area contributed by atoms with E-state index in [2.05, 4.69) is 20.3 Å². The monoisotopic (exact) mass is 459 g/mol. The van der Waals surface area contributed by atoms with Crippen LogP contribution in [0.25, 0.3) is 6.08 Å². The predicted molar refractivity (Wildman–Crippen MR) is 117 cm³/mol. The quantitative estimate of drug-likeness (QED) is 0.531. The highest BCUT2D eigenvalue weighted by Crippen LogP contribution is 2.31. The largest absolute Gasteiger partial charge is 0.416 e. The van der Waals surface area contributed by atoms with Crippen molar-refractivity contribution in [1.29, 1.82) is 0 Å². The first-order valence-electron chi connectivity index (χ1n) is 10.3. The fraction of sp³-hybridized carbons (Fsp3) is 0.261. The zero-order chi connectivity index (χ0) is 23.3. The normalized spacial score (nSPS) is 14.6.